The fourth-order valence-electron chi connectivity index (χ4n) is 2.13. The van der Waals surface area contributed by atoms with Gasteiger partial charge in [-0.3, -0.25) is 10.2 Å². The van der Waals surface area contributed by atoms with Crippen LogP contribution in [0, 0.1) is 0 Å². The van der Waals surface area contributed by atoms with Crippen LogP contribution in [0.5, 0.6) is 11.5 Å². The molecular formula is C14H20BrN3O3. The zero-order chi connectivity index (χ0) is 15.4. The third kappa shape index (κ3) is 3.87. The molecule has 0 aliphatic carbocycles. The standard InChI is InChI=1S/C14H20BrN3O3/c1-17-4-6-18(7-5-17)16-14(19)10-8-11(20-2)13(15)12(9-10)21-3/h8-9H,4-7H2,1-3H3,(H,16,19). The topological polar surface area (TPSA) is 54.0 Å². The average Bonchev–Trinajstić information content (AvgIpc) is 2.49. The SMILES string of the molecule is COc1cc(C(=O)NN2CCN(C)CC2)cc(OC)c1Br. The summed E-state index contributed by atoms with van der Waals surface area (Å²) >= 11 is 3.39. The molecule has 1 aliphatic rings. The van der Waals surface area contributed by atoms with Crippen LogP contribution in [-0.4, -0.2) is 63.3 Å². The van der Waals surface area contributed by atoms with E-state index in [-0.39, 0.29) is 5.91 Å². The molecule has 1 amide bonds. The van der Waals surface area contributed by atoms with Crippen LogP contribution in [0.15, 0.2) is 16.6 Å². The molecule has 21 heavy (non-hydrogen) atoms. The van der Waals surface area contributed by atoms with Crippen molar-refractivity contribution < 1.29 is 14.3 Å². The van der Waals surface area contributed by atoms with E-state index in [1.807, 2.05) is 5.01 Å². The number of nitrogens with zero attached hydrogens (tertiary/aromatic N) is 2. The van der Waals surface area contributed by atoms with Crippen LogP contribution in [0.2, 0.25) is 0 Å². The zero-order valence-electron chi connectivity index (χ0n) is 12.5. The van der Waals surface area contributed by atoms with Crippen molar-refractivity contribution in [3.05, 3.63) is 22.2 Å². The van der Waals surface area contributed by atoms with Gasteiger partial charge in [-0.2, -0.15) is 0 Å². The van der Waals surface area contributed by atoms with Crippen LogP contribution < -0.4 is 14.9 Å². The number of hydrogen-bond donors (Lipinski definition) is 1. The number of carbonyl (C=O) groups excluding carboxylic acids is 1. The Bertz CT molecular complexity index is 491. The van der Waals surface area contributed by atoms with Gasteiger partial charge in [-0.25, -0.2) is 5.01 Å². The molecule has 2 rings (SSSR count). The summed E-state index contributed by atoms with van der Waals surface area (Å²) in [5.74, 6) is 0.972. The molecule has 7 heteroatoms. The molecule has 1 aliphatic heterocycles. The zero-order valence-corrected chi connectivity index (χ0v) is 14.1. The predicted molar refractivity (Wildman–Crippen MR) is 83.8 cm³/mol. The molecule has 1 heterocycles. The van der Waals surface area contributed by atoms with E-state index in [1.165, 1.54) is 0 Å². The van der Waals surface area contributed by atoms with Gasteiger partial charge in [-0.1, -0.05) is 0 Å². The number of halogens is 1. The highest BCUT2D eigenvalue weighted by Gasteiger charge is 2.19. The molecule has 0 bridgehead atoms. The van der Waals surface area contributed by atoms with E-state index in [2.05, 4.69) is 33.3 Å². The average molecular weight is 358 g/mol. The Morgan fingerprint density at radius 3 is 2.14 bits per heavy atom. The van der Waals surface area contributed by atoms with Gasteiger partial charge in [0, 0.05) is 31.7 Å². The number of nitrogens with one attached hydrogen (secondary N) is 1. The van der Waals surface area contributed by atoms with Gasteiger partial charge in [-0.15, -0.1) is 0 Å². The van der Waals surface area contributed by atoms with Gasteiger partial charge in [0.1, 0.15) is 16.0 Å². The molecule has 1 N–H and O–H groups in total. The van der Waals surface area contributed by atoms with Crippen molar-refractivity contribution in [3.63, 3.8) is 0 Å². The van der Waals surface area contributed by atoms with Gasteiger partial charge < -0.3 is 14.4 Å². The van der Waals surface area contributed by atoms with E-state index in [1.54, 1.807) is 26.4 Å². The molecule has 116 valence electrons. The summed E-state index contributed by atoms with van der Waals surface area (Å²) in [5.41, 5.74) is 3.42. The monoisotopic (exact) mass is 357 g/mol. The Hall–Kier alpha value is -1.31. The van der Waals surface area contributed by atoms with E-state index in [0.29, 0.717) is 21.5 Å². The molecular weight excluding hydrogens is 338 g/mol. The number of piperazine rings is 1. The van der Waals surface area contributed by atoms with E-state index >= 15 is 0 Å². The summed E-state index contributed by atoms with van der Waals surface area (Å²) in [6.07, 6.45) is 0. The van der Waals surface area contributed by atoms with Gasteiger partial charge in [0.15, 0.2) is 0 Å². The fourth-order valence-corrected chi connectivity index (χ4v) is 2.68. The van der Waals surface area contributed by atoms with Crippen LogP contribution in [0.4, 0.5) is 0 Å². The minimum absolute atomic E-state index is 0.163. The highest BCUT2D eigenvalue weighted by Crippen LogP contribution is 2.35. The number of carbonyl (C=O) groups is 1. The maximum absolute atomic E-state index is 12.3. The van der Waals surface area contributed by atoms with Crippen molar-refractivity contribution in [2.24, 2.45) is 0 Å². The van der Waals surface area contributed by atoms with Crippen LogP contribution in [-0.2, 0) is 0 Å². The molecule has 0 radical (unpaired) electrons. The Kier molecular flexibility index (Phi) is 5.44. The first kappa shape index (κ1) is 16.1. The van der Waals surface area contributed by atoms with Gasteiger partial charge in [-0.05, 0) is 35.1 Å². The minimum Gasteiger partial charge on any atom is -0.495 e. The molecule has 1 saturated heterocycles. The number of ether oxygens (including phenoxy) is 2. The maximum Gasteiger partial charge on any atom is 0.265 e. The third-order valence-electron chi connectivity index (χ3n) is 3.47. The summed E-state index contributed by atoms with van der Waals surface area (Å²) in [4.78, 5) is 14.6. The van der Waals surface area contributed by atoms with Crippen LogP contribution in [0.3, 0.4) is 0 Å². The first-order valence-electron chi connectivity index (χ1n) is 6.71. The van der Waals surface area contributed by atoms with Crippen LogP contribution in [0.1, 0.15) is 10.4 Å². The molecule has 0 aromatic heterocycles. The maximum atomic E-state index is 12.3. The molecule has 1 aromatic rings. The second-order valence-corrected chi connectivity index (χ2v) is 5.72. The molecule has 1 aromatic carbocycles. The second kappa shape index (κ2) is 7.11. The Labute approximate surface area is 133 Å². The first-order valence-corrected chi connectivity index (χ1v) is 7.50. The lowest BCUT2D eigenvalue weighted by molar-refractivity contribution is 0.0662. The summed E-state index contributed by atoms with van der Waals surface area (Å²) in [6, 6.07) is 3.38. The molecule has 6 nitrogen and oxygen atoms in total. The smallest absolute Gasteiger partial charge is 0.265 e. The number of hydrogen-bond acceptors (Lipinski definition) is 5. The Balaban J connectivity index is 2.11. The highest BCUT2D eigenvalue weighted by atomic mass is 79.9. The highest BCUT2D eigenvalue weighted by molar-refractivity contribution is 9.10. The summed E-state index contributed by atoms with van der Waals surface area (Å²) < 4.78 is 11.2. The van der Waals surface area contributed by atoms with E-state index < -0.39 is 0 Å². The Morgan fingerprint density at radius 1 is 1.14 bits per heavy atom. The van der Waals surface area contributed by atoms with Crippen LogP contribution >= 0.6 is 15.9 Å². The number of benzene rings is 1. The van der Waals surface area contributed by atoms with Gasteiger partial charge >= 0.3 is 0 Å². The Morgan fingerprint density at radius 2 is 1.67 bits per heavy atom. The fraction of sp³-hybridized carbons (Fsp3) is 0.500. The van der Waals surface area contributed by atoms with Gasteiger partial charge in [0.25, 0.3) is 5.91 Å². The van der Waals surface area contributed by atoms with Gasteiger partial charge in [0.2, 0.25) is 0 Å². The van der Waals surface area contributed by atoms with Crippen molar-refractivity contribution >= 4 is 21.8 Å². The van der Waals surface area contributed by atoms with Crippen LogP contribution in [0.25, 0.3) is 0 Å². The van der Waals surface area contributed by atoms with Crippen molar-refractivity contribution in [2.75, 3.05) is 47.4 Å². The second-order valence-electron chi connectivity index (χ2n) is 4.93. The summed E-state index contributed by atoms with van der Waals surface area (Å²) in [5, 5.41) is 1.93. The lowest BCUT2D eigenvalue weighted by Crippen LogP contribution is -2.52. The molecule has 0 saturated carbocycles. The largest absolute Gasteiger partial charge is 0.495 e. The normalized spacial score (nSPS) is 16.6. The lowest BCUT2D eigenvalue weighted by atomic mass is 10.2. The number of likely N-dealkylation sites (N-methyl/N-ethyl adjacent to an activating group) is 1. The van der Waals surface area contributed by atoms with Crippen molar-refractivity contribution in [3.8, 4) is 11.5 Å². The number of hydrazine groups is 1. The number of rotatable bonds is 4. The quantitative estimate of drug-likeness (QED) is 0.881. The van der Waals surface area contributed by atoms with Gasteiger partial charge in [0.05, 0.1) is 14.2 Å². The number of amides is 1. The third-order valence-corrected chi connectivity index (χ3v) is 4.25. The van der Waals surface area contributed by atoms with E-state index in [0.717, 1.165) is 26.2 Å². The number of methoxy groups -OCH3 is 2. The molecule has 0 spiro atoms. The van der Waals surface area contributed by atoms with Crippen molar-refractivity contribution in [2.45, 2.75) is 0 Å². The predicted octanol–water partition coefficient (Wildman–Crippen LogP) is 1.36. The van der Waals surface area contributed by atoms with Crippen molar-refractivity contribution in [1.82, 2.24) is 15.3 Å². The lowest BCUT2D eigenvalue weighted by Gasteiger charge is -2.32. The van der Waals surface area contributed by atoms with E-state index in [4.69, 9.17) is 9.47 Å². The summed E-state index contributed by atoms with van der Waals surface area (Å²) in [7, 11) is 5.19. The van der Waals surface area contributed by atoms with Crippen molar-refractivity contribution in [1.29, 1.82) is 0 Å². The first-order chi connectivity index (χ1) is 10.0. The molecule has 0 atom stereocenters. The van der Waals surface area contributed by atoms with E-state index in [9.17, 15) is 4.79 Å². The molecule has 1 fully saturated rings. The summed E-state index contributed by atoms with van der Waals surface area (Å²) in [6.45, 7) is 3.50. The minimum atomic E-state index is -0.163. The molecule has 0 unspecified atom stereocenters.